The van der Waals surface area contributed by atoms with Gasteiger partial charge in [0.25, 0.3) is 0 Å². The molecule has 24 heavy (non-hydrogen) atoms. The van der Waals surface area contributed by atoms with Gasteiger partial charge >= 0.3 is 0 Å². The van der Waals surface area contributed by atoms with Gasteiger partial charge in [-0.2, -0.15) is 0 Å². The molecule has 2 aromatic rings. The molecule has 7 heteroatoms. The molecule has 0 unspecified atom stereocenters. The minimum atomic E-state index is 0.0453. The summed E-state index contributed by atoms with van der Waals surface area (Å²) in [6.45, 7) is 4.94. The zero-order chi connectivity index (χ0) is 17.2. The van der Waals surface area contributed by atoms with Gasteiger partial charge in [-0.25, -0.2) is 0 Å². The van der Waals surface area contributed by atoms with Crippen molar-refractivity contribution in [2.24, 2.45) is 0 Å². The highest BCUT2D eigenvalue weighted by molar-refractivity contribution is 8.03. The Morgan fingerprint density at radius 3 is 2.71 bits per heavy atom. The van der Waals surface area contributed by atoms with Crippen LogP contribution in [-0.4, -0.2) is 34.2 Å². The summed E-state index contributed by atoms with van der Waals surface area (Å²) >= 11 is 4.77. The summed E-state index contributed by atoms with van der Waals surface area (Å²) in [4.78, 5) is 11.9. The Morgan fingerprint density at radius 1 is 1.21 bits per heavy atom. The topological polar surface area (TPSA) is 54.9 Å². The van der Waals surface area contributed by atoms with Gasteiger partial charge in [-0.15, -0.1) is 10.2 Å². The molecule has 0 aliphatic rings. The van der Waals surface area contributed by atoms with Crippen LogP contribution < -0.4 is 5.32 Å². The summed E-state index contributed by atoms with van der Waals surface area (Å²) < 4.78 is 1.86. The number of thioether (sulfide) groups is 2. The molecular formula is C17H23N3OS3. The molecule has 0 bridgehead atoms. The van der Waals surface area contributed by atoms with E-state index in [0.717, 1.165) is 20.9 Å². The first-order chi connectivity index (χ1) is 11.7. The predicted octanol–water partition coefficient (Wildman–Crippen LogP) is 4.19. The molecule has 0 saturated heterocycles. The van der Waals surface area contributed by atoms with E-state index in [2.05, 4.69) is 41.5 Å². The minimum Gasteiger partial charge on any atom is -0.355 e. The summed E-state index contributed by atoms with van der Waals surface area (Å²) in [5.74, 6) is 1.51. The van der Waals surface area contributed by atoms with Crippen molar-refractivity contribution in [2.45, 2.75) is 41.8 Å². The zero-order valence-electron chi connectivity index (χ0n) is 14.1. The number of aromatic nitrogens is 2. The second kappa shape index (κ2) is 10.7. The molecule has 1 amide bonds. The molecule has 4 nitrogen and oxygen atoms in total. The molecule has 0 aliphatic heterocycles. The van der Waals surface area contributed by atoms with E-state index < -0.39 is 0 Å². The average Bonchev–Trinajstić information content (AvgIpc) is 3.03. The number of nitrogens with one attached hydrogen (secondary N) is 1. The third-order valence-corrected chi connectivity index (χ3v) is 6.69. The Labute approximate surface area is 156 Å². The second-order valence-corrected chi connectivity index (χ2v) is 8.89. The number of carbonyl (C=O) groups excluding carboxylic acids is 1. The van der Waals surface area contributed by atoms with Crippen LogP contribution in [0.25, 0.3) is 0 Å². The van der Waals surface area contributed by atoms with Crippen molar-refractivity contribution in [1.29, 1.82) is 0 Å². The minimum absolute atomic E-state index is 0.0453. The lowest BCUT2D eigenvalue weighted by Gasteiger charge is -2.06. The van der Waals surface area contributed by atoms with Crippen molar-refractivity contribution in [3.05, 3.63) is 35.4 Å². The molecule has 1 N–H and O–H groups in total. The van der Waals surface area contributed by atoms with Gasteiger partial charge in [0.05, 0.1) is 5.75 Å². The van der Waals surface area contributed by atoms with Gasteiger partial charge in [0.15, 0.2) is 8.68 Å². The van der Waals surface area contributed by atoms with Crippen LogP contribution >= 0.6 is 34.9 Å². The molecule has 0 aliphatic carbocycles. The molecule has 130 valence electrons. The Morgan fingerprint density at radius 2 is 1.96 bits per heavy atom. The van der Waals surface area contributed by atoms with E-state index in [9.17, 15) is 4.79 Å². The number of rotatable bonds is 10. The molecular weight excluding hydrogens is 358 g/mol. The maximum atomic E-state index is 11.9. The van der Waals surface area contributed by atoms with Crippen molar-refractivity contribution < 1.29 is 4.79 Å². The van der Waals surface area contributed by atoms with Crippen LogP contribution in [0.1, 0.15) is 30.9 Å². The molecule has 0 fully saturated rings. The van der Waals surface area contributed by atoms with E-state index >= 15 is 0 Å². The van der Waals surface area contributed by atoms with Gasteiger partial charge in [-0.1, -0.05) is 72.5 Å². The van der Waals surface area contributed by atoms with Crippen molar-refractivity contribution in [3.63, 3.8) is 0 Å². The summed E-state index contributed by atoms with van der Waals surface area (Å²) in [5, 5.41) is 11.3. The molecule has 2 rings (SSSR count). The predicted molar refractivity (Wildman–Crippen MR) is 104 cm³/mol. The third-order valence-electron chi connectivity index (χ3n) is 3.42. The van der Waals surface area contributed by atoms with E-state index in [1.165, 1.54) is 35.7 Å². The Bertz CT molecular complexity index is 646. The number of hydrogen-bond acceptors (Lipinski definition) is 6. The highest BCUT2D eigenvalue weighted by atomic mass is 32.2. The molecule has 1 aromatic carbocycles. The first-order valence-electron chi connectivity index (χ1n) is 8.09. The monoisotopic (exact) mass is 381 g/mol. The van der Waals surface area contributed by atoms with Gasteiger partial charge in [-0.3, -0.25) is 4.79 Å². The van der Waals surface area contributed by atoms with Gasteiger partial charge in [-0.05, 0) is 30.9 Å². The van der Waals surface area contributed by atoms with Gasteiger partial charge in [0.2, 0.25) is 5.91 Å². The SMILES string of the molecule is CCCCSc1nnc(SCC(=O)NCCc2ccccc2C)s1. The molecule has 1 aromatic heterocycles. The Hall–Kier alpha value is -1.05. The Kier molecular flexibility index (Phi) is 8.63. The normalized spacial score (nSPS) is 10.8. The van der Waals surface area contributed by atoms with E-state index in [-0.39, 0.29) is 5.91 Å². The number of unbranched alkanes of at least 4 members (excludes halogenated alkanes) is 1. The van der Waals surface area contributed by atoms with Crippen molar-refractivity contribution in [2.75, 3.05) is 18.1 Å². The lowest BCUT2D eigenvalue weighted by atomic mass is 10.1. The Balaban J connectivity index is 1.65. The van der Waals surface area contributed by atoms with Crippen molar-refractivity contribution in [1.82, 2.24) is 15.5 Å². The van der Waals surface area contributed by atoms with Crippen LogP contribution in [0.5, 0.6) is 0 Å². The fourth-order valence-corrected chi connectivity index (χ4v) is 5.03. The van der Waals surface area contributed by atoms with Gasteiger partial charge < -0.3 is 5.32 Å². The van der Waals surface area contributed by atoms with Gasteiger partial charge in [0, 0.05) is 12.3 Å². The van der Waals surface area contributed by atoms with Crippen molar-refractivity contribution in [3.8, 4) is 0 Å². The number of benzene rings is 1. The largest absolute Gasteiger partial charge is 0.355 e. The van der Waals surface area contributed by atoms with E-state index in [1.807, 2.05) is 12.1 Å². The lowest BCUT2D eigenvalue weighted by Crippen LogP contribution is -2.27. The van der Waals surface area contributed by atoms with E-state index in [4.69, 9.17) is 0 Å². The molecule has 1 heterocycles. The standard InChI is InChI=1S/C17H23N3OS3/c1-3-4-11-22-16-19-20-17(24-16)23-12-15(21)18-10-9-14-8-6-5-7-13(14)2/h5-8H,3-4,9-12H2,1-2H3,(H,18,21). The fourth-order valence-electron chi connectivity index (χ4n) is 2.02. The van der Waals surface area contributed by atoms with Gasteiger partial charge in [0.1, 0.15) is 0 Å². The maximum absolute atomic E-state index is 11.9. The number of amides is 1. The van der Waals surface area contributed by atoms with Crippen LogP contribution in [0.4, 0.5) is 0 Å². The van der Waals surface area contributed by atoms with Crippen LogP contribution in [0.3, 0.4) is 0 Å². The van der Waals surface area contributed by atoms with Crippen LogP contribution in [0.2, 0.25) is 0 Å². The number of hydrogen-bond donors (Lipinski definition) is 1. The highest BCUT2D eigenvalue weighted by Crippen LogP contribution is 2.29. The number of nitrogens with zero attached hydrogens (tertiary/aromatic N) is 2. The van der Waals surface area contributed by atoms with Crippen LogP contribution in [-0.2, 0) is 11.2 Å². The highest BCUT2D eigenvalue weighted by Gasteiger charge is 2.08. The summed E-state index contributed by atoms with van der Waals surface area (Å²) in [6, 6.07) is 8.27. The summed E-state index contributed by atoms with van der Waals surface area (Å²) in [6.07, 6.45) is 3.24. The number of aryl methyl sites for hydroxylation is 1. The fraction of sp³-hybridized carbons (Fsp3) is 0.471. The summed E-state index contributed by atoms with van der Waals surface area (Å²) in [5.41, 5.74) is 2.55. The molecule has 0 saturated carbocycles. The first kappa shape index (κ1) is 19.3. The smallest absolute Gasteiger partial charge is 0.230 e. The lowest BCUT2D eigenvalue weighted by molar-refractivity contribution is -0.118. The average molecular weight is 382 g/mol. The third kappa shape index (κ3) is 6.83. The second-order valence-electron chi connectivity index (χ2n) is 5.35. The molecule has 0 spiro atoms. The quantitative estimate of drug-likeness (QED) is 0.494. The molecule has 0 radical (unpaired) electrons. The summed E-state index contributed by atoms with van der Waals surface area (Å²) in [7, 11) is 0. The zero-order valence-corrected chi connectivity index (χ0v) is 16.5. The maximum Gasteiger partial charge on any atom is 0.230 e. The van der Waals surface area contributed by atoms with Crippen LogP contribution in [0, 0.1) is 6.92 Å². The molecule has 0 atom stereocenters. The first-order valence-corrected chi connectivity index (χ1v) is 10.9. The van der Waals surface area contributed by atoms with Crippen molar-refractivity contribution >= 4 is 40.8 Å². The van der Waals surface area contributed by atoms with E-state index in [0.29, 0.717) is 12.3 Å². The number of carbonyl (C=O) groups is 1. The van der Waals surface area contributed by atoms with Crippen LogP contribution in [0.15, 0.2) is 32.9 Å². The van der Waals surface area contributed by atoms with E-state index in [1.54, 1.807) is 23.1 Å².